The Labute approximate surface area is 88.0 Å². The first-order chi connectivity index (χ1) is 6.88. The number of hydrogen-bond donors (Lipinski definition) is 0. The molecule has 2 nitrogen and oxygen atoms in total. The summed E-state index contributed by atoms with van der Waals surface area (Å²) in [4.78, 5) is 14.0. The van der Waals surface area contributed by atoms with E-state index in [0.29, 0.717) is 6.42 Å². The van der Waals surface area contributed by atoms with E-state index in [4.69, 9.17) is 0 Å². The fourth-order valence-electron chi connectivity index (χ4n) is 1.03. The molecule has 0 heterocycles. The Morgan fingerprint density at radius 2 is 2.21 bits per heavy atom. The number of benzene rings is 1. The molecule has 0 saturated heterocycles. The van der Waals surface area contributed by atoms with Crippen LogP contribution in [0.25, 0.3) is 6.08 Å². The van der Waals surface area contributed by atoms with Gasteiger partial charge in [-0.2, -0.15) is 4.99 Å². The van der Waals surface area contributed by atoms with Crippen molar-refractivity contribution < 1.29 is 4.79 Å². The third-order valence-electron chi connectivity index (χ3n) is 1.63. The summed E-state index contributed by atoms with van der Waals surface area (Å²) in [5.41, 5.74) is 1.70. The standard InChI is InChI=1S/C11H9NOS/c13-8-4-3-6-10-5-1-2-7-11(10)12-9-14/h1-3,5-8H,4H2. The predicted octanol–water partition coefficient (Wildman–Crippen LogP) is 3.02. The molecule has 14 heavy (non-hydrogen) atoms. The smallest absolute Gasteiger partial charge is 0.123 e. The van der Waals surface area contributed by atoms with Crippen molar-refractivity contribution in [1.82, 2.24) is 0 Å². The lowest BCUT2D eigenvalue weighted by molar-refractivity contribution is -0.107. The van der Waals surface area contributed by atoms with Crippen LogP contribution in [0.1, 0.15) is 12.0 Å². The molecule has 0 aliphatic carbocycles. The lowest BCUT2D eigenvalue weighted by atomic mass is 10.1. The first kappa shape index (κ1) is 10.5. The minimum absolute atomic E-state index is 0.412. The van der Waals surface area contributed by atoms with Crippen LogP contribution in [0.5, 0.6) is 0 Å². The predicted molar refractivity (Wildman–Crippen MR) is 60.8 cm³/mol. The van der Waals surface area contributed by atoms with Gasteiger partial charge in [0.05, 0.1) is 10.8 Å². The average molecular weight is 203 g/mol. The number of isothiocyanates is 1. The van der Waals surface area contributed by atoms with Crippen molar-refractivity contribution in [3.8, 4) is 0 Å². The first-order valence-corrected chi connectivity index (χ1v) is 4.56. The highest BCUT2D eigenvalue weighted by Crippen LogP contribution is 2.19. The molecule has 1 rings (SSSR count). The van der Waals surface area contributed by atoms with E-state index < -0.39 is 0 Å². The second kappa shape index (κ2) is 5.97. The molecular formula is C11H9NOS. The maximum atomic E-state index is 10.1. The number of aliphatic imine (C=N–C) groups is 1. The number of hydrogen-bond acceptors (Lipinski definition) is 3. The van der Waals surface area contributed by atoms with Crippen molar-refractivity contribution >= 4 is 35.4 Å². The highest BCUT2D eigenvalue weighted by atomic mass is 32.1. The van der Waals surface area contributed by atoms with Crippen molar-refractivity contribution in [3.05, 3.63) is 35.9 Å². The second-order valence-corrected chi connectivity index (χ2v) is 2.75. The number of carbonyl (C=O) groups is 1. The van der Waals surface area contributed by atoms with Crippen LogP contribution in [0.3, 0.4) is 0 Å². The maximum Gasteiger partial charge on any atom is 0.123 e. The number of para-hydroxylation sites is 1. The van der Waals surface area contributed by atoms with Gasteiger partial charge >= 0.3 is 0 Å². The summed E-state index contributed by atoms with van der Waals surface area (Å²) in [6, 6.07) is 7.54. The third kappa shape index (κ3) is 3.05. The summed E-state index contributed by atoms with van der Waals surface area (Å²) in [5, 5.41) is 2.32. The second-order valence-electron chi connectivity index (χ2n) is 2.57. The van der Waals surface area contributed by atoms with Gasteiger partial charge in [-0.3, -0.25) is 0 Å². The van der Waals surface area contributed by atoms with Gasteiger partial charge in [-0.05, 0) is 18.3 Å². The van der Waals surface area contributed by atoms with Crippen molar-refractivity contribution in [2.75, 3.05) is 0 Å². The van der Waals surface area contributed by atoms with Gasteiger partial charge in [0.25, 0.3) is 0 Å². The zero-order valence-corrected chi connectivity index (χ0v) is 8.33. The average Bonchev–Trinajstić information content (AvgIpc) is 2.21. The fourth-order valence-corrected chi connectivity index (χ4v) is 1.13. The Bertz CT molecular complexity index is 392. The zero-order chi connectivity index (χ0) is 10.2. The Kier molecular flexibility index (Phi) is 4.48. The van der Waals surface area contributed by atoms with E-state index in [1.165, 1.54) is 0 Å². The fraction of sp³-hybridized carbons (Fsp3) is 0.0909. The summed E-state index contributed by atoms with van der Waals surface area (Å²) in [6.45, 7) is 0. The van der Waals surface area contributed by atoms with Crippen LogP contribution in [0.4, 0.5) is 5.69 Å². The number of nitrogens with zero attached hydrogens (tertiary/aromatic N) is 1. The first-order valence-electron chi connectivity index (χ1n) is 4.15. The van der Waals surface area contributed by atoms with E-state index in [1.54, 1.807) is 6.08 Å². The number of thiocarbonyl (C=S) groups is 1. The molecule has 0 aliphatic heterocycles. The molecule has 70 valence electrons. The minimum Gasteiger partial charge on any atom is -0.303 e. The molecular weight excluding hydrogens is 194 g/mol. The van der Waals surface area contributed by atoms with Crippen molar-refractivity contribution in [2.45, 2.75) is 6.42 Å². The summed E-state index contributed by atoms with van der Waals surface area (Å²) in [7, 11) is 0. The van der Waals surface area contributed by atoms with E-state index >= 15 is 0 Å². The summed E-state index contributed by atoms with van der Waals surface area (Å²) >= 11 is 4.53. The van der Waals surface area contributed by atoms with Crippen molar-refractivity contribution in [2.24, 2.45) is 4.99 Å². The topological polar surface area (TPSA) is 29.4 Å². The Balaban J connectivity index is 2.94. The molecule has 0 saturated carbocycles. The van der Waals surface area contributed by atoms with Crippen LogP contribution in [0.2, 0.25) is 0 Å². The van der Waals surface area contributed by atoms with Crippen LogP contribution < -0.4 is 0 Å². The highest BCUT2D eigenvalue weighted by molar-refractivity contribution is 7.78. The van der Waals surface area contributed by atoms with Crippen LogP contribution >= 0.6 is 12.2 Å². The van der Waals surface area contributed by atoms with Crippen LogP contribution in [-0.4, -0.2) is 11.4 Å². The van der Waals surface area contributed by atoms with Crippen molar-refractivity contribution in [1.29, 1.82) is 0 Å². The van der Waals surface area contributed by atoms with Gasteiger partial charge in [-0.1, -0.05) is 30.4 Å². The van der Waals surface area contributed by atoms with Crippen molar-refractivity contribution in [3.63, 3.8) is 0 Å². The summed E-state index contributed by atoms with van der Waals surface area (Å²) < 4.78 is 0. The van der Waals surface area contributed by atoms with Gasteiger partial charge in [0.15, 0.2) is 0 Å². The molecule has 0 aromatic heterocycles. The maximum absolute atomic E-state index is 10.1. The molecule has 0 atom stereocenters. The Hall–Kier alpha value is -1.57. The molecule has 3 heteroatoms. The monoisotopic (exact) mass is 203 g/mol. The summed E-state index contributed by atoms with van der Waals surface area (Å²) in [5.74, 6) is 0. The SMILES string of the molecule is O=CCC=Cc1ccccc1N=C=S. The Morgan fingerprint density at radius 3 is 2.93 bits per heavy atom. The van der Waals surface area contributed by atoms with Gasteiger partial charge < -0.3 is 4.79 Å². The lowest BCUT2D eigenvalue weighted by Gasteiger charge is -1.96. The molecule has 0 aliphatic rings. The largest absolute Gasteiger partial charge is 0.303 e. The molecule has 0 unspecified atom stereocenters. The molecule has 0 radical (unpaired) electrons. The Morgan fingerprint density at radius 1 is 1.43 bits per heavy atom. The van der Waals surface area contributed by atoms with Gasteiger partial charge in [-0.15, -0.1) is 0 Å². The molecule has 0 spiro atoms. The zero-order valence-electron chi connectivity index (χ0n) is 7.51. The molecule has 0 amide bonds. The van der Waals surface area contributed by atoms with Crippen LogP contribution in [-0.2, 0) is 4.79 Å². The van der Waals surface area contributed by atoms with E-state index in [-0.39, 0.29) is 0 Å². The van der Waals surface area contributed by atoms with E-state index in [0.717, 1.165) is 17.5 Å². The van der Waals surface area contributed by atoms with Gasteiger partial charge in [0.1, 0.15) is 6.29 Å². The van der Waals surface area contributed by atoms with Crippen LogP contribution in [0, 0.1) is 0 Å². The highest BCUT2D eigenvalue weighted by Gasteiger charge is 1.93. The third-order valence-corrected chi connectivity index (χ3v) is 1.72. The molecule has 0 bridgehead atoms. The molecule has 0 fully saturated rings. The van der Waals surface area contributed by atoms with Gasteiger partial charge in [0, 0.05) is 12.0 Å². The molecule has 1 aromatic carbocycles. The van der Waals surface area contributed by atoms with Gasteiger partial charge in [0.2, 0.25) is 0 Å². The van der Waals surface area contributed by atoms with Gasteiger partial charge in [-0.25, -0.2) is 0 Å². The number of aldehydes is 1. The molecule has 0 N–H and O–H groups in total. The van der Waals surface area contributed by atoms with E-state index in [2.05, 4.69) is 22.4 Å². The normalized spacial score (nSPS) is 9.71. The quantitative estimate of drug-likeness (QED) is 0.427. The van der Waals surface area contributed by atoms with E-state index in [1.807, 2.05) is 30.3 Å². The van der Waals surface area contributed by atoms with E-state index in [9.17, 15) is 4.79 Å². The summed E-state index contributed by atoms with van der Waals surface area (Å²) in [6.07, 6.45) is 4.89. The molecule has 1 aromatic rings. The number of rotatable bonds is 4. The van der Waals surface area contributed by atoms with Crippen LogP contribution in [0.15, 0.2) is 35.3 Å². The number of allylic oxidation sites excluding steroid dienone is 1. The number of carbonyl (C=O) groups excluding carboxylic acids is 1. The lowest BCUT2D eigenvalue weighted by Crippen LogP contribution is -1.73. The minimum atomic E-state index is 0.412.